The Morgan fingerprint density at radius 2 is 2.00 bits per heavy atom. The molecule has 1 aliphatic heterocycles. The molecular formula is C15H19N5O. The summed E-state index contributed by atoms with van der Waals surface area (Å²) in [4.78, 5) is 10.6. The first-order chi connectivity index (χ1) is 10.3. The molecule has 2 aromatic rings. The van der Waals surface area contributed by atoms with Crippen molar-refractivity contribution in [3.63, 3.8) is 0 Å². The lowest BCUT2D eigenvalue weighted by molar-refractivity contribution is 0.122. The Kier molecular flexibility index (Phi) is 4.16. The van der Waals surface area contributed by atoms with Crippen LogP contribution in [0.4, 0.5) is 17.2 Å². The first kappa shape index (κ1) is 13.6. The summed E-state index contributed by atoms with van der Waals surface area (Å²) in [7, 11) is 0. The number of anilines is 3. The number of aromatic nitrogens is 2. The fourth-order valence-electron chi connectivity index (χ4n) is 2.27. The predicted molar refractivity (Wildman–Crippen MR) is 83.2 cm³/mol. The fraction of sp³-hybridized carbons (Fsp3) is 0.333. The van der Waals surface area contributed by atoms with Crippen molar-refractivity contribution in [3.05, 3.63) is 42.4 Å². The summed E-state index contributed by atoms with van der Waals surface area (Å²) in [5, 5.41) is 3.36. The third-order valence-corrected chi connectivity index (χ3v) is 3.49. The molecule has 0 aromatic carbocycles. The van der Waals surface area contributed by atoms with Gasteiger partial charge in [-0.05, 0) is 17.7 Å². The minimum atomic E-state index is 0.654. The summed E-state index contributed by atoms with van der Waals surface area (Å²) in [5.74, 6) is 0.935. The van der Waals surface area contributed by atoms with Crippen molar-refractivity contribution in [1.82, 2.24) is 9.97 Å². The van der Waals surface area contributed by atoms with Gasteiger partial charge in [0.1, 0.15) is 5.82 Å². The number of ether oxygens (including phenoxy) is 1. The van der Waals surface area contributed by atoms with Crippen LogP contribution in [0.2, 0.25) is 0 Å². The number of hydrogen-bond acceptors (Lipinski definition) is 6. The normalized spacial score (nSPS) is 15.0. The van der Waals surface area contributed by atoms with Gasteiger partial charge in [-0.2, -0.15) is 0 Å². The lowest BCUT2D eigenvalue weighted by Crippen LogP contribution is -2.36. The number of pyridine rings is 2. The van der Waals surface area contributed by atoms with Gasteiger partial charge in [0.25, 0.3) is 0 Å². The van der Waals surface area contributed by atoms with Crippen LogP contribution in [0.3, 0.4) is 0 Å². The summed E-state index contributed by atoms with van der Waals surface area (Å²) in [5.41, 5.74) is 8.72. The molecule has 2 aromatic heterocycles. The van der Waals surface area contributed by atoms with Crippen molar-refractivity contribution in [2.45, 2.75) is 6.54 Å². The summed E-state index contributed by atoms with van der Waals surface area (Å²) in [6, 6.07) is 5.96. The lowest BCUT2D eigenvalue weighted by atomic mass is 10.2. The summed E-state index contributed by atoms with van der Waals surface area (Å²) in [6.45, 7) is 3.92. The van der Waals surface area contributed by atoms with E-state index in [4.69, 9.17) is 10.5 Å². The molecule has 3 rings (SSSR count). The zero-order valence-electron chi connectivity index (χ0n) is 11.8. The second-order valence-electron chi connectivity index (χ2n) is 4.94. The van der Waals surface area contributed by atoms with Gasteiger partial charge in [-0.1, -0.05) is 0 Å². The van der Waals surface area contributed by atoms with Crippen LogP contribution in [0, 0.1) is 0 Å². The molecular weight excluding hydrogens is 266 g/mol. The van der Waals surface area contributed by atoms with E-state index in [1.54, 1.807) is 18.6 Å². The van der Waals surface area contributed by atoms with Gasteiger partial charge in [-0.15, -0.1) is 0 Å². The van der Waals surface area contributed by atoms with Crippen LogP contribution >= 0.6 is 0 Å². The van der Waals surface area contributed by atoms with E-state index in [0.717, 1.165) is 43.4 Å². The molecule has 0 amide bonds. The minimum absolute atomic E-state index is 0.654. The highest BCUT2D eigenvalue weighted by Gasteiger charge is 2.13. The number of morpholine rings is 1. The van der Waals surface area contributed by atoms with Crippen LogP contribution in [0.15, 0.2) is 36.8 Å². The number of rotatable bonds is 4. The number of nitrogens with zero attached hydrogens (tertiary/aromatic N) is 3. The molecule has 0 atom stereocenters. The third-order valence-electron chi connectivity index (χ3n) is 3.49. The van der Waals surface area contributed by atoms with Crippen molar-refractivity contribution in [3.8, 4) is 0 Å². The van der Waals surface area contributed by atoms with Crippen LogP contribution in [0.1, 0.15) is 5.56 Å². The monoisotopic (exact) mass is 285 g/mol. The number of nitrogens with two attached hydrogens (primary N) is 1. The van der Waals surface area contributed by atoms with E-state index >= 15 is 0 Å². The maximum Gasteiger partial charge on any atom is 0.130 e. The van der Waals surface area contributed by atoms with E-state index in [9.17, 15) is 0 Å². The largest absolute Gasteiger partial charge is 0.396 e. The average Bonchev–Trinajstić information content (AvgIpc) is 2.56. The first-order valence-corrected chi connectivity index (χ1v) is 7.04. The molecule has 1 fully saturated rings. The van der Waals surface area contributed by atoms with Crippen LogP contribution < -0.4 is 16.0 Å². The summed E-state index contributed by atoms with van der Waals surface area (Å²) >= 11 is 0. The second-order valence-corrected chi connectivity index (χ2v) is 4.94. The number of nitrogens with one attached hydrogen (secondary N) is 1. The first-order valence-electron chi connectivity index (χ1n) is 7.04. The van der Waals surface area contributed by atoms with Gasteiger partial charge in [0.15, 0.2) is 0 Å². The molecule has 0 bridgehead atoms. The van der Waals surface area contributed by atoms with Crippen molar-refractivity contribution in [2.24, 2.45) is 0 Å². The van der Waals surface area contributed by atoms with Crippen molar-refractivity contribution in [1.29, 1.82) is 0 Å². The quantitative estimate of drug-likeness (QED) is 0.886. The highest BCUT2D eigenvalue weighted by atomic mass is 16.5. The number of nitrogen functional groups attached to an aromatic ring is 1. The molecule has 0 unspecified atom stereocenters. The predicted octanol–water partition coefficient (Wildman–Crippen LogP) is 1.51. The zero-order valence-corrected chi connectivity index (χ0v) is 11.8. The summed E-state index contributed by atoms with van der Waals surface area (Å²) in [6.07, 6.45) is 5.28. The molecule has 21 heavy (non-hydrogen) atoms. The van der Waals surface area contributed by atoms with E-state index in [0.29, 0.717) is 12.2 Å². The molecule has 6 heteroatoms. The minimum Gasteiger partial charge on any atom is -0.396 e. The Bertz CT molecular complexity index is 584. The Morgan fingerprint density at radius 1 is 1.24 bits per heavy atom. The van der Waals surface area contributed by atoms with Crippen LogP contribution in [0.25, 0.3) is 0 Å². The van der Waals surface area contributed by atoms with E-state index in [1.165, 1.54) is 0 Å². The molecule has 3 N–H and O–H groups in total. The number of hydrogen-bond donors (Lipinski definition) is 2. The molecule has 0 radical (unpaired) electrons. The Labute approximate surface area is 124 Å². The Hall–Kier alpha value is -2.34. The third kappa shape index (κ3) is 3.41. The molecule has 6 nitrogen and oxygen atoms in total. The highest BCUT2D eigenvalue weighted by molar-refractivity contribution is 5.69. The molecule has 1 aliphatic rings. The van der Waals surface area contributed by atoms with Gasteiger partial charge >= 0.3 is 0 Å². The van der Waals surface area contributed by atoms with Gasteiger partial charge in [0, 0.05) is 38.1 Å². The maximum absolute atomic E-state index is 6.00. The van der Waals surface area contributed by atoms with E-state index in [2.05, 4.69) is 20.2 Å². The van der Waals surface area contributed by atoms with Crippen LogP contribution in [-0.4, -0.2) is 36.3 Å². The molecule has 110 valence electrons. The van der Waals surface area contributed by atoms with Gasteiger partial charge in [-0.3, -0.25) is 4.98 Å². The maximum atomic E-state index is 6.00. The van der Waals surface area contributed by atoms with Gasteiger partial charge in [0.05, 0.1) is 30.8 Å². The summed E-state index contributed by atoms with van der Waals surface area (Å²) < 4.78 is 5.36. The van der Waals surface area contributed by atoms with Gasteiger partial charge in [-0.25, -0.2) is 4.98 Å². The lowest BCUT2D eigenvalue weighted by Gasteiger charge is -2.28. The van der Waals surface area contributed by atoms with E-state index < -0.39 is 0 Å². The van der Waals surface area contributed by atoms with Crippen LogP contribution in [0.5, 0.6) is 0 Å². The fourth-order valence-corrected chi connectivity index (χ4v) is 2.27. The average molecular weight is 285 g/mol. The zero-order chi connectivity index (χ0) is 14.5. The molecule has 3 heterocycles. The smallest absolute Gasteiger partial charge is 0.130 e. The molecule has 0 saturated carbocycles. The molecule has 1 saturated heterocycles. The molecule has 0 spiro atoms. The Morgan fingerprint density at radius 3 is 2.76 bits per heavy atom. The highest BCUT2D eigenvalue weighted by Crippen LogP contribution is 2.24. The second kappa shape index (κ2) is 6.41. The Balaban J connectivity index is 1.72. The van der Waals surface area contributed by atoms with E-state index in [1.807, 2.05) is 18.2 Å². The topological polar surface area (TPSA) is 76.3 Å². The van der Waals surface area contributed by atoms with Crippen molar-refractivity contribution >= 4 is 17.2 Å². The van der Waals surface area contributed by atoms with E-state index in [-0.39, 0.29) is 0 Å². The van der Waals surface area contributed by atoms with Gasteiger partial charge < -0.3 is 20.7 Å². The van der Waals surface area contributed by atoms with Crippen molar-refractivity contribution < 1.29 is 4.74 Å². The standard InChI is InChI=1S/C15H19N5O/c16-13-11-19-15(20-5-7-21-8-6-20)9-14(13)18-10-12-1-3-17-4-2-12/h1-4,9,11H,5-8,10,16H2,(H,18,19). The SMILES string of the molecule is Nc1cnc(N2CCOCC2)cc1NCc1ccncc1. The van der Waals surface area contributed by atoms with Gasteiger partial charge in [0.2, 0.25) is 0 Å². The van der Waals surface area contributed by atoms with Crippen LogP contribution in [-0.2, 0) is 11.3 Å². The van der Waals surface area contributed by atoms with Crippen molar-refractivity contribution in [2.75, 3.05) is 42.3 Å². The molecule has 0 aliphatic carbocycles.